The summed E-state index contributed by atoms with van der Waals surface area (Å²) < 4.78 is 0. The van der Waals surface area contributed by atoms with E-state index in [1.54, 1.807) is 0 Å². The zero-order valence-electron chi connectivity index (χ0n) is 16.8. The molecule has 0 radical (unpaired) electrons. The van der Waals surface area contributed by atoms with Crippen molar-refractivity contribution in [1.29, 1.82) is 0 Å². The molecular weight excluding hydrogens is 366 g/mol. The van der Waals surface area contributed by atoms with Gasteiger partial charge in [0.25, 0.3) is 0 Å². The first-order chi connectivity index (χ1) is 13.5. The molecule has 0 aliphatic carbocycles. The van der Waals surface area contributed by atoms with Crippen molar-refractivity contribution in [1.82, 2.24) is 4.90 Å². The highest BCUT2D eigenvalue weighted by molar-refractivity contribution is 6.31. The molecule has 0 aromatic heterocycles. The molecule has 1 fully saturated rings. The Kier molecular flexibility index (Phi) is 5.65. The Labute approximate surface area is 173 Å². The number of anilines is 2. The average Bonchev–Trinajstić information content (AvgIpc) is 2.68. The number of benzene rings is 2. The van der Waals surface area contributed by atoms with Gasteiger partial charge in [0.15, 0.2) is 0 Å². The number of aryl methyl sites for hydroxylation is 2. The fraction of sp³-hybridized carbons (Fsp3) is 0.417. The maximum absolute atomic E-state index is 6.32. The van der Waals surface area contributed by atoms with E-state index in [4.69, 9.17) is 17.3 Å². The largest absolute Gasteiger partial charge is 0.397 e. The van der Waals surface area contributed by atoms with Gasteiger partial charge in [0.2, 0.25) is 0 Å². The molecule has 4 rings (SSSR count). The van der Waals surface area contributed by atoms with Crippen LogP contribution in [-0.2, 0) is 6.42 Å². The smallest absolute Gasteiger partial charge is 0.0675 e. The highest BCUT2D eigenvalue weighted by Crippen LogP contribution is 2.38. The third-order valence-corrected chi connectivity index (χ3v) is 6.50. The van der Waals surface area contributed by atoms with Gasteiger partial charge >= 0.3 is 0 Å². The quantitative estimate of drug-likeness (QED) is 0.705. The van der Waals surface area contributed by atoms with E-state index in [1.165, 1.54) is 29.5 Å². The van der Waals surface area contributed by atoms with Crippen LogP contribution in [0.2, 0.25) is 5.02 Å². The van der Waals surface area contributed by atoms with Crippen molar-refractivity contribution < 1.29 is 0 Å². The van der Waals surface area contributed by atoms with Gasteiger partial charge in [-0.1, -0.05) is 42.4 Å². The summed E-state index contributed by atoms with van der Waals surface area (Å²) in [5.74, 6) is 0.680. The van der Waals surface area contributed by atoms with Crippen molar-refractivity contribution in [3.05, 3.63) is 70.4 Å². The van der Waals surface area contributed by atoms with Gasteiger partial charge in [-0.3, -0.25) is 4.90 Å². The zero-order valence-corrected chi connectivity index (χ0v) is 17.5. The maximum Gasteiger partial charge on any atom is 0.0675 e. The van der Waals surface area contributed by atoms with Gasteiger partial charge < -0.3 is 10.6 Å². The molecular formula is C24H30ClN3. The van der Waals surface area contributed by atoms with Crippen LogP contribution in [0.15, 0.2) is 48.7 Å². The Bertz CT molecular complexity index is 868. The van der Waals surface area contributed by atoms with E-state index in [9.17, 15) is 0 Å². The Morgan fingerprint density at radius 2 is 1.93 bits per heavy atom. The van der Waals surface area contributed by atoms with E-state index >= 15 is 0 Å². The summed E-state index contributed by atoms with van der Waals surface area (Å²) in [6, 6.07) is 12.7. The molecule has 4 heteroatoms. The molecule has 0 atom stereocenters. The number of fused-ring (bicyclic) bond motifs is 1. The maximum atomic E-state index is 6.32. The first-order valence-electron chi connectivity index (χ1n) is 10.3. The van der Waals surface area contributed by atoms with E-state index in [-0.39, 0.29) is 0 Å². The van der Waals surface area contributed by atoms with Crippen LogP contribution in [-0.4, -0.2) is 31.1 Å². The average molecular weight is 396 g/mol. The fourth-order valence-electron chi connectivity index (χ4n) is 4.84. The van der Waals surface area contributed by atoms with Crippen LogP contribution in [0.4, 0.5) is 11.4 Å². The van der Waals surface area contributed by atoms with Crippen LogP contribution in [0, 0.1) is 6.92 Å². The third-order valence-electron chi connectivity index (χ3n) is 6.28. The Hall–Kier alpha value is -1.97. The summed E-state index contributed by atoms with van der Waals surface area (Å²) in [5, 5.41) is 0.724. The molecule has 2 aromatic rings. The number of hydrogen-bond donors (Lipinski definition) is 1. The SMILES string of the molecule is C=C(CN1CCC(c2ccccc2C)CC1)N1CCCc2cc(Cl)cc(N)c21. The van der Waals surface area contributed by atoms with Gasteiger partial charge in [0, 0.05) is 23.8 Å². The van der Waals surface area contributed by atoms with Gasteiger partial charge in [0.1, 0.15) is 0 Å². The lowest BCUT2D eigenvalue weighted by atomic mass is 9.87. The van der Waals surface area contributed by atoms with Crippen LogP contribution < -0.4 is 10.6 Å². The predicted octanol–water partition coefficient (Wildman–Crippen LogP) is 5.38. The molecule has 2 aliphatic heterocycles. The van der Waals surface area contributed by atoms with Crippen molar-refractivity contribution in [2.24, 2.45) is 0 Å². The molecule has 148 valence electrons. The first kappa shape index (κ1) is 19.4. The second-order valence-electron chi connectivity index (χ2n) is 8.23. The van der Waals surface area contributed by atoms with Gasteiger partial charge in [-0.05, 0) is 80.4 Å². The molecule has 0 bridgehead atoms. The van der Waals surface area contributed by atoms with Crippen molar-refractivity contribution >= 4 is 23.0 Å². The molecule has 3 nitrogen and oxygen atoms in total. The van der Waals surface area contributed by atoms with Crippen LogP contribution in [0.3, 0.4) is 0 Å². The van der Waals surface area contributed by atoms with Crippen molar-refractivity contribution in [3.8, 4) is 0 Å². The molecule has 2 aliphatic rings. The monoisotopic (exact) mass is 395 g/mol. The number of halogens is 1. The van der Waals surface area contributed by atoms with E-state index in [1.807, 2.05) is 6.07 Å². The molecule has 0 amide bonds. The van der Waals surface area contributed by atoms with Crippen LogP contribution >= 0.6 is 11.6 Å². The molecule has 2 aromatic carbocycles. The molecule has 0 unspecified atom stereocenters. The summed E-state index contributed by atoms with van der Waals surface area (Å²) in [5.41, 5.74) is 13.5. The fourth-order valence-corrected chi connectivity index (χ4v) is 5.09. The molecule has 0 saturated carbocycles. The van der Waals surface area contributed by atoms with Crippen LogP contribution in [0.5, 0.6) is 0 Å². The highest BCUT2D eigenvalue weighted by atomic mass is 35.5. The number of likely N-dealkylation sites (tertiary alicyclic amines) is 1. The van der Waals surface area contributed by atoms with Gasteiger partial charge in [-0.25, -0.2) is 0 Å². The van der Waals surface area contributed by atoms with Crippen LogP contribution in [0.25, 0.3) is 0 Å². The second kappa shape index (κ2) is 8.18. The van der Waals surface area contributed by atoms with Crippen LogP contribution in [0.1, 0.15) is 41.9 Å². The lowest BCUT2D eigenvalue weighted by molar-refractivity contribution is 0.226. The minimum Gasteiger partial charge on any atom is -0.397 e. The summed E-state index contributed by atoms with van der Waals surface area (Å²) in [6.45, 7) is 10.8. The van der Waals surface area contributed by atoms with Crippen molar-refractivity contribution in [2.75, 3.05) is 36.8 Å². The zero-order chi connectivity index (χ0) is 19.7. The third kappa shape index (κ3) is 3.92. The summed E-state index contributed by atoms with van der Waals surface area (Å²) in [7, 11) is 0. The predicted molar refractivity (Wildman–Crippen MR) is 120 cm³/mol. The molecule has 2 heterocycles. The number of piperidine rings is 1. The van der Waals surface area contributed by atoms with E-state index < -0.39 is 0 Å². The van der Waals surface area contributed by atoms with E-state index in [2.05, 4.69) is 53.6 Å². The standard InChI is InChI=1S/C24H30ClN3/c1-17-6-3-4-8-22(17)19-9-12-27(13-10-19)16-18(2)28-11-5-7-20-14-21(25)15-23(26)24(20)28/h3-4,6,8,14-15,19H,2,5,7,9-13,16,26H2,1H3. The van der Waals surface area contributed by atoms with Crippen molar-refractivity contribution in [3.63, 3.8) is 0 Å². The van der Waals surface area contributed by atoms with Gasteiger partial charge in [0.05, 0.1) is 11.4 Å². The highest BCUT2D eigenvalue weighted by Gasteiger charge is 2.26. The number of rotatable bonds is 4. The topological polar surface area (TPSA) is 32.5 Å². The van der Waals surface area contributed by atoms with Crippen molar-refractivity contribution in [2.45, 2.75) is 38.5 Å². The van der Waals surface area contributed by atoms with E-state index in [0.717, 1.165) is 61.1 Å². The normalized spacial score (nSPS) is 18.1. The Balaban J connectivity index is 1.40. The van der Waals surface area contributed by atoms with E-state index in [0.29, 0.717) is 5.92 Å². The summed E-state index contributed by atoms with van der Waals surface area (Å²) >= 11 is 6.21. The minimum absolute atomic E-state index is 0.680. The lowest BCUT2D eigenvalue weighted by Crippen LogP contribution is -2.39. The van der Waals surface area contributed by atoms with Gasteiger partial charge in [-0.2, -0.15) is 0 Å². The number of hydrogen-bond acceptors (Lipinski definition) is 3. The first-order valence-corrected chi connectivity index (χ1v) is 10.7. The Morgan fingerprint density at radius 3 is 2.68 bits per heavy atom. The Morgan fingerprint density at radius 1 is 1.18 bits per heavy atom. The second-order valence-corrected chi connectivity index (χ2v) is 8.67. The number of nitrogens with zero attached hydrogens (tertiary/aromatic N) is 2. The lowest BCUT2D eigenvalue weighted by Gasteiger charge is -2.38. The summed E-state index contributed by atoms with van der Waals surface area (Å²) in [6.07, 6.45) is 4.58. The number of nitrogens with two attached hydrogens (primary N) is 1. The molecule has 2 N–H and O–H groups in total. The molecule has 28 heavy (non-hydrogen) atoms. The summed E-state index contributed by atoms with van der Waals surface area (Å²) in [4.78, 5) is 4.86. The number of nitrogen functional groups attached to an aromatic ring is 1. The van der Waals surface area contributed by atoms with Gasteiger partial charge in [-0.15, -0.1) is 0 Å². The molecule has 1 saturated heterocycles. The minimum atomic E-state index is 0.680. The molecule has 0 spiro atoms.